The van der Waals surface area contributed by atoms with Gasteiger partial charge in [0, 0.05) is 31.3 Å². The first kappa shape index (κ1) is 21.3. The van der Waals surface area contributed by atoms with E-state index >= 15 is 0 Å². The number of ether oxygens (including phenoxy) is 2. The van der Waals surface area contributed by atoms with Gasteiger partial charge in [-0.1, -0.05) is 19.4 Å². The van der Waals surface area contributed by atoms with Crippen LogP contribution in [0.1, 0.15) is 46.0 Å². The lowest BCUT2D eigenvalue weighted by molar-refractivity contribution is 0.0792. The van der Waals surface area contributed by atoms with E-state index in [0.29, 0.717) is 29.2 Å². The number of unbranched alkanes of at least 4 members (excludes halogenated alkanes) is 1. The van der Waals surface area contributed by atoms with Gasteiger partial charge in [0.25, 0.3) is 11.8 Å². The topological polar surface area (TPSA) is 67.9 Å². The van der Waals surface area contributed by atoms with Crippen molar-refractivity contribution in [2.45, 2.75) is 26.3 Å². The van der Waals surface area contributed by atoms with Gasteiger partial charge in [0.15, 0.2) is 11.5 Å². The molecule has 0 spiro atoms. The molecule has 6 heteroatoms. The summed E-state index contributed by atoms with van der Waals surface area (Å²) in [5.74, 6) is 1.02. The van der Waals surface area contributed by atoms with Crippen molar-refractivity contribution in [1.29, 1.82) is 0 Å². The summed E-state index contributed by atoms with van der Waals surface area (Å²) in [5, 5.41) is 2.87. The van der Waals surface area contributed by atoms with Crippen molar-refractivity contribution >= 4 is 11.8 Å². The van der Waals surface area contributed by atoms with Gasteiger partial charge in [-0.15, -0.1) is 0 Å². The van der Waals surface area contributed by atoms with Gasteiger partial charge in [-0.2, -0.15) is 0 Å². The molecule has 0 aromatic heterocycles. The molecule has 2 rings (SSSR count). The third-order valence-corrected chi connectivity index (χ3v) is 4.49. The number of carbonyl (C=O) groups is 2. The van der Waals surface area contributed by atoms with Crippen molar-refractivity contribution in [3.05, 3.63) is 59.2 Å². The average Bonchev–Trinajstić information content (AvgIpc) is 2.74. The van der Waals surface area contributed by atoms with Crippen molar-refractivity contribution in [1.82, 2.24) is 10.2 Å². The van der Waals surface area contributed by atoms with Crippen molar-refractivity contribution in [2.75, 3.05) is 27.8 Å². The first-order valence-corrected chi connectivity index (χ1v) is 9.34. The first-order chi connectivity index (χ1) is 13.5. The van der Waals surface area contributed by atoms with Crippen LogP contribution in [0.25, 0.3) is 0 Å². The molecule has 0 unspecified atom stereocenters. The molecule has 0 aliphatic rings. The summed E-state index contributed by atoms with van der Waals surface area (Å²) >= 11 is 0. The molecule has 6 nitrogen and oxygen atoms in total. The second-order valence-electron chi connectivity index (χ2n) is 6.53. The number of nitrogens with one attached hydrogen (secondary N) is 1. The number of nitrogens with zero attached hydrogens (tertiary/aromatic N) is 1. The normalized spacial score (nSPS) is 10.3. The first-order valence-electron chi connectivity index (χ1n) is 9.34. The van der Waals surface area contributed by atoms with Crippen LogP contribution in [-0.4, -0.2) is 44.5 Å². The highest BCUT2D eigenvalue weighted by molar-refractivity contribution is 5.97. The van der Waals surface area contributed by atoms with Gasteiger partial charge in [0.2, 0.25) is 0 Å². The van der Waals surface area contributed by atoms with E-state index in [2.05, 4.69) is 12.2 Å². The lowest BCUT2D eigenvalue weighted by atomic mass is 10.1. The van der Waals surface area contributed by atoms with Crippen LogP contribution in [0.2, 0.25) is 0 Å². The zero-order chi connectivity index (χ0) is 20.5. The summed E-state index contributed by atoms with van der Waals surface area (Å²) in [6, 6.07) is 12.2. The van der Waals surface area contributed by atoms with Crippen LogP contribution in [0.15, 0.2) is 42.5 Å². The number of benzene rings is 2. The van der Waals surface area contributed by atoms with Crippen LogP contribution in [0.3, 0.4) is 0 Å². The van der Waals surface area contributed by atoms with E-state index in [1.165, 1.54) is 0 Å². The Morgan fingerprint density at radius 2 is 1.61 bits per heavy atom. The SMILES string of the molecule is CCCCN(C)C(=O)c1ccc(C(=O)NCc2ccc(OC)c(OC)c2)cc1. The van der Waals surface area contributed by atoms with Crippen LogP contribution in [0.5, 0.6) is 11.5 Å². The Hall–Kier alpha value is -3.02. The molecule has 2 amide bonds. The molecule has 0 heterocycles. The molecule has 0 aliphatic carbocycles. The molecule has 0 fully saturated rings. The fraction of sp³-hybridized carbons (Fsp3) is 0.364. The number of hydrogen-bond acceptors (Lipinski definition) is 4. The number of carbonyl (C=O) groups excluding carboxylic acids is 2. The lowest BCUT2D eigenvalue weighted by Crippen LogP contribution is -2.28. The average molecular weight is 384 g/mol. The minimum Gasteiger partial charge on any atom is -0.493 e. The maximum Gasteiger partial charge on any atom is 0.253 e. The summed E-state index contributed by atoms with van der Waals surface area (Å²) in [5.41, 5.74) is 1.98. The minimum absolute atomic E-state index is 0.0364. The molecule has 0 radical (unpaired) electrons. The second-order valence-corrected chi connectivity index (χ2v) is 6.53. The van der Waals surface area contributed by atoms with E-state index in [0.717, 1.165) is 24.9 Å². The van der Waals surface area contributed by atoms with Gasteiger partial charge in [0.05, 0.1) is 14.2 Å². The summed E-state index contributed by atoms with van der Waals surface area (Å²) in [6.07, 6.45) is 2.01. The third kappa shape index (κ3) is 5.49. The highest BCUT2D eigenvalue weighted by atomic mass is 16.5. The Kier molecular flexibility index (Phi) is 7.87. The summed E-state index contributed by atoms with van der Waals surface area (Å²) in [4.78, 5) is 26.5. The van der Waals surface area contributed by atoms with Crippen LogP contribution in [0, 0.1) is 0 Å². The van der Waals surface area contributed by atoms with Gasteiger partial charge >= 0.3 is 0 Å². The predicted molar refractivity (Wildman–Crippen MR) is 109 cm³/mol. The van der Waals surface area contributed by atoms with Crippen LogP contribution < -0.4 is 14.8 Å². The molecule has 2 aromatic rings. The Morgan fingerprint density at radius 1 is 0.964 bits per heavy atom. The Labute approximate surface area is 166 Å². The number of methoxy groups -OCH3 is 2. The van der Waals surface area contributed by atoms with Crippen LogP contribution in [-0.2, 0) is 6.54 Å². The molecule has 0 saturated heterocycles. The Balaban J connectivity index is 1.97. The second kappa shape index (κ2) is 10.3. The van der Waals surface area contributed by atoms with Gasteiger partial charge in [-0.25, -0.2) is 0 Å². The number of rotatable bonds is 9. The molecule has 28 heavy (non-hydrogen) atoms. The maximum atomic E-state index is 12.4. The van der Waals surface area contributed by atoms with Crippen molar-refractivity contribution in [3.63, 3.8) is 0 Å². The van der Waals surface area contributed by atoms with E-state index in [4.69, 9.17) is 9.47 Å². The van der Waals surface area contributed by atoms with Crippen molar-refractivity contribution in [3.8, 4) is 11.5 Å². The maximum absolute atomic E-state index is 12.4. The lowest BCUT2D eigenvalue weighted by Gasteiger charge is -2.16. The minimum atomic E-state index is -0.201. The summed E-state index contributed by atoms with van der Waals surface area (Å²) in [6.45, 7) is 3.18. The highest BCUT2D eigenvalue weighted by Crippen LogP contribution is 2.27. The van der Waals surface area contributed by atoms with E-state index in [9.17, 15) is 9.59 Å². The molecular weight excluding hydrogens is 356 g/mol. The zero-order valence-electron chi connectivity index (χ0n) is 17.0. The van der Waals surface area contributed by atoms with Crippen molar-refractivity contribution < 1.29 is 19.1 Å². The molecule has 0 atom stereocenters. The predicted octanol–water partition coefficient (Wildman–Crippen LogP) is 3.51. The number of hydrogen-bond donors (Lipinski definition) is 1. The summed E-state index contributed by atoms with van der Waals surface area (Å²) < 4.78 is 10.5. The quantitative estimate of drug-likeness (QED) is 0.718. The van der Waals surface area contributed by atoms with Crippen LogP contribution in [0.4, 0.5) is 0 Å². The smallest absolute Gasteiger partial charge is 0.253 e. The zero-order valence-corrected chi connectivity index (χ0v) is 17.0. The van der Waals surface area contributed by atoms with Gasteiger partial charge in [0.1, 0.15) is 0 Å². The highest BCUT2D eigenvalue weighted by Gasteiger charge is 2.13. The Bertz CT molecular complexity index is 803. The molecule has 0 bridgehead atoms. The molecule has 0 saturated carbocycles. The fourth-order valence-electron chi connectivity index (χ4n) is 2.76. The molecular formula is C22H28N2O4. The third-order valence-electron chi connectivity index (χ3n) is 4.49. The largest absolute Gasteiger partial charge is 0.493 e. The van der Waals surface area contributed by atoms with Crippen LogP contribution >= 0.6 is 0 Å². The van der Waals surface area contributed by atoms with Gasteiger partial charge in [-0.05, 0) is 48.4 Å². The Morgan fingerprint density at radius 3 is 2.21 bits per heavy atom. The van der Waals surface area contributed by atoms with Gasteiger partial charge in [-0.3, -0.25) is 9.59 Å². The molecule has 2 aromatic carbocycles. The monoisotopic (exact) mass is 384 g/mol. The van der Waals surface area contributed by atoms with E-state index in [1.54, 1.807) is 56.5 Å². The van der Waals surface area contributed by atoms with Crippen molar-refractivity contribution in [2.24, 2.45) is 0 Å². The van der Waals surface area contributed by atoms with E-state index in [1.807, 2.05) is 12.1 Å². The number of amides is 2. The summed E-state index contributed by atoms with van der Waals surface area (Å²) in [7, 11) is 4.94. The molecule has 0 aliphatic heterocycles. The molecule has 150 valence electrons. The molecule has 1 N–H and O–H groups in total. The van der Waals surface area contributed by atoms with E-state index < -0.39 is 0 Å². The fourth-order valence-corrected chi connectivity index (χ4v) is 2.76. The van der Waals surface area contributed by atoms with Gasteiger partial charge < -0.3 is 19.7 Å². The van der Waals surface area contributed by atoms with E-state index in [-0.39, 0.29) is 11.8 Å². The standard InChI is InChI=1S/C22H28N2O4/c1-5-6-13-24(2)22(26)18-10-8-17(9-11-18)21(25)23-15-16-7-12-19(27-3)20(14-16)28-4/h7-12,14H,5-6,13,15H2,1-4H3,(H,23,25).